The van der Waals surface area contributed by atoms with Crippen molar-refractivity contribution in [2.75, 3.05) is 7.05 Å². The summed E-state index contributed by atoms with van der Waals surface area (Å²) in [6.07, 6.45) is 5.05. The van der Waals surface area contributed by atoms with Gasteiger partial charge in [-0.2, -0.15) is 0 Å². The Hall–Kier alpha value is -0.830. The molecule has 0 spiro atoms. The van der Waals surface area contributed by atoms with Crippen molar-refractivity contribution in [3.8, 4) is 0 Å². The molecule has 1 rings (SSSR count). The van der Waals surface area contributed by atoms with Crippen LogP contribution in [0.3, 0.4) is 0 Å². The van der Waals surface area contributed by atoms with Gasteiger partial charge in [-0.15, -0.1) is 0 Å². The van der Waals surface area contributed by atoms with Gasteiger partial charge in [0.2, 0.25) is 0 Å². The maximum absolute atomic E-state index is 4.14. The molecule has 0 amide bonds. The summed E-state index contributed by atoms with van der Waals surface area (Å²) >= 11 is 0. The van der Waals surface area contributed by atoms with Crippen molar-refractivity contribution in [3.05, 3.63) is 18.2 Å². The van der Waals surface area contributed by atoms with Crippen LogP contribution in [0, 0.1) is 5.92 Å². The van der Waals surface area contributed by atoms with Crippen molar-refractivity contribution in [3.63, 3.8) is 0 Å². The molecular formula is C10H19N3. The highest BCUT2D eigenvalue weighted by molar-refractivity contribution is 4.97. The topological polar surface area (TPSA) is 29.9 Å². The second-order valence-electron chi connectivity index (χ2n) is 3.79. The first-order chi connectivity index (χ1) is 6.24. The summed E-state index contributed by atoms with van der Waals surface area (Å²) in [5.74, 6) is 0.754. The lowest BCUT2D eigenvalue weighted by atomic mass is 10.1. The maximum Gasteiger partial charge on any atom is 0.0948 e. The van der Waals surface area contributed by atoms with Gasteiger partial charge in [0, 0.05) is 19.3 Å². The van der Waals surface area contributed by atoms with E-state index in [0.717, 1.165) is 19.0 Å². The molecule has 0 bridgehead atoms. The van der Waals surface area contributed by atoms with Crippen molar-refractivity contribution in [2.45, 2.75) is 33.4 Å². The van der Waals surface area contributed by atoms with Crippen LogP contribution in [0.1, 0.15) is 26.0 Å². The van der Waals surface area contributed by atoms with Crippen LogP contribution in [-0.2, 0) is 13.1 Å². The molecule has 0 radical (unpaired) electrons. The largest absolute Gasteiger partial charge is 0.333 e. The van der Waals surface area contributed by atoms with Gasteiger partial charge in [-0.05, 0) is 19.4 Å². The van der Waals surface area contributed by atoms with E-state index < -0.39 is 0 Å². The SMILES string of the molecule is CNCc1cncn1CCC(C)C. The third-order valence-electron chi connectivity index (χ3n) is 2.10. The Labute approximate surface area is 80.2 Å². The Morgan fingerprint density at radius 1 is 1.54 bits per heavy atom. The molecule has 0 unspecified atom stereocenters. The minimum Gasteiger partial charge on any atom is -0.333 e. The lowest BCUT2D eigenvalue weighted by molar-refractivity contribution is 0.503. The van der Waals surface area contributed by atoms with Gasteiger partial charge in [-0.3, -0.25) is 0 Å². The minimum atomic E-state index is 0.754. The van der Waals surface area contributed by atoms with Crippen molar-refractivity contribution in [1.82, 2.24) is 14.9 Å². The van der Waals surface area contributed by atoms with Crippen molar-refractivity contribution < 1.29 is 0 Å². The van der Waals surface area contributed by atoms with Gasteiger partial charge in [-0.1, -0.05) is 13.8 Å². The zero-order chi connectivity index (χ0) is 9.68. The highest BCUT2D eigenvalue weighted by Gasteiger charge is 2.01. The van der Waals surface area contributed by atoms with Crippen LogP contribution in [0.2, 0.25) is 0 Å². The first-order valence-electron chi connectivity index (χ1n) is 4.87. The molecule has 0 aliphatic carbocycles. The summed E-state index contributed by atoms with van der Waals surface area (Å²) in [7, 11) is 1.96. The van der Waals surface area contributed by atoms with Gasteiger partial charge in [-0.25, -0.2) is 4.98 Å². The molecule has 13 heavy (non-hydrogen) atoms. The Morgan fingerprint density at radius 2 is 2.31 bits per heavy atom. The van der Waals surface area contributed by atoms with E-state index in [2.05, 4.69) is 28.7 Å². The Kier molecular flexibility index (Phi) is 3.96. The first kappa shape index (κ1) is 10.3. The third-order valence-corrected chi connectivity index (χ3v) is 2.10. The summed E-state index contributed by atoms with van der Waals surface area (Å²) in [6.45, 7) is 6.47. The standard InChI is InChI=1S/C10H19N3/c1-9(2)4-5-13-8-12-7-10(13)6-11-3/h7-9,11H,4-6H2,1-3H3. The fourth-order valence-corrected chi connectivity index (χ4v) is 1.28. The summed E-state index contributed by atoms with van der Waals surface area (Å²) in [5.41, 5.74) is 1.27. The van der Waals surface area contributed by atoms with Crippen molar-refractivity contribution >= 4 is 0 Å². The Balaban J connectivity index is 2.49. The predicted molar refractivity (Wildman–Crippen MR) is 54.4 cm³/mol. The molecule has 1 heterocycles. The molecule has 0 aliphatic rings. The molecule has 0 fully saturated rings. The van der Waals surface area contributed by atoms with Crippen LogP contribution in [0.5, 0.6) is 0 Å². The normalized spacial score (nSPS) is 11.1. The van der Waals surface area contributed by atoms with E-state index in [4.69, 9.17) is 0 Å². The van der Waals surface area contributed by atoms with E-state index >= 15 is 0 Å². The molecule has 3 nitrogen and oxygen atoms in total. The lowest BCUT2D eigenvalue weighted by Gasteiger charge is -2.09. The molecular weight excluding hydrogens is 162 g/mol. The van der Waals surface area contributed by atoms with Crippen LogP contribution < -0.4 is 5.32 Å². The Bertz CT molecular complexity index is 240. The monoisotopic (exact) mass is 181 g/mol. The summed E-state index contributed by atoms with van der Waals surface area (Å²) in [5, 5.41) is 3.14. The van der Waals surface area contributed by atoms with Gasteiger partial charge in [0.15, 0.2) is 0 Å². The third kappa shape index (κ3) is 3.19. The maximum atomic E-state index is 4.14. The fourth-order valence-electron chi connectivity index (χ4n) is 1.28. The minimum absolute atomic E-state index is 0.754. The Morgan fingerprint density at radius 3 is 2.92 bits per heavy atom. The smallest absolute Gasteiger partial charge is 0.0948 e. The van der Waals surface area contributed by atoms with Crippen LogP contribution in [0.25, 0.3) is 0 Å². The van der Waals surface area contributed by atoms with Gasteiger partial charge >= 0.3 is 0 Å². The quantitative estimate of drug-likeness (QED) is 0.748. The van der Waals surface area contributed by atoms with Gasteiger partial charge in [0.1, 0.15) is 0 Å². The summed E-state index contributed by atoms with van der Waals surface area (Å²) in [6, 6.07) is 0. The first-order valence-corrected chi connectivity index (χ1v) is 4.87. The van der Waals surface area contributed by atoms with Crippen LogP contribution in [-0.4, -0.2) is 16.6 Å². The molecule has 3 heteroatoms. The van der Waals surface area contributed by atoms with Gasteiger partial charge in [0.05, 0.1) is 12.0 Å². The van der Waals surface area contributed by atoms with E-state index in [1.807, 2.05) is 19.6 Å². The van der Waals surface area contributed by atoms with E-state index in [9.17, 15) is 0 Å². The highest BCUT2D eigenvalue weighted by atomic mass is 15.1. The number of hydrogen-bond donors (Lipinski definition) is 1. The number of nitrogens with zero attached hydrogens (tertiary/aromatic N) is 2. The van der Waals surface area contributed by atoms with E-state index in [1.54, 1.807) is 0 Å². The lowest BCUT2D eigenvalue weighted by Crippen LogP contribution is -2.11. The van der Waals surface area contributed by atoms with Crippen LogP contribution in [0.15, 0.2) is 12.5 Å². The molecule has 1 aromatic heterocycles. The molecule has 74 valence electrons. The average Bonchev–Trinajstić information content (AvgIpc) is 2.49. The highest BCUT2D eigenvalue weighted by Crippen LogP contribution is 2.05. The van der Waals surface area contributed by atoms with E-state index in [-0.39, 0.29) is 0 Å². The molecule has 0 aliphatic heterocycles. The van der Waals surface area contributed by atoms with Crippen LogP contribution in [0.4, 0.5) is 0 Å². The van der Waals surface area contributed by atoms with Crippen molar-refractivity contribution in [2.24, 2.45) is 5.92 Å². The average molecular weight is 181 g/mol. The number of nitrogens with one attached hydrogen (secondary N) is 1. The van der Waals surface area contributed by atoms with Crippen LogP contribution >= 0.6 is 0 Å². The number of aryl methyl sites for hydroxylation is 1. The number of aromatic nitrogens is 2. The molecule has 0 saturated heterocycles. The number of hydrogen-bond acceptors (Lipinski definition) is 2. The summed E-state index contributed by atoms with van der Waals surface area (Å²) in [4.78, 5) is 4.14. The zero-order valence-electron chi connectivity index (χ0n) is 8.75. The van der Waals surface area contributed by atoms with E-state index in [0.29, 0.717) is 0 Å². The second-order valence-corrected chi connectivity index (χ2v) is 3.79. The zero-order valence-corrected chi connectivity index (χ0v) is 8.75. The van der Waals surface area contributed by atoms with E-state index in [1.165, 1.54) is 12.1 Å². The molecule has 1 N–H and O–H groups in total. The molecule has 0 saturated carbocycles. The second kappa shape index (κ2) is 5.02. The summed E-state index contributed by atoms with van der Waals surface area (Å²) < 4.78 is 2.22. The fraction of sp³-hybridized carbons (Fsp3) is 0.700. The molecule has 0 atom stereocenters. The molecule has 1 aromatic rings. The van der Waals surface area contributed by atoms with Gasteiger partial charge in [0.25, 0.3) is 0 Å². The molecule has 0 aromatic carbocycles. The predicted octanol–water partition coefficient (Wildman–Crippen LogP) is 1.65. The number of rotatable bonds is 5. The van der Waals surface area contributed by atoms with Gasteiger partial charge < -0.3 is 9.88 Å². The number of imidazole rings is 1. The van der Waals surface area contributed by atoms with Crippen molar-refractivity contribution in [1.29, 1.82) is 0 Å².